The number of halogens is 1. The summed E-state index contributed by atoms with van der Waals surface area (Å²) in [4.78, 5) is 18.1. The Hall–Kier alpha value is -1.81. The van der Waals surface area contributed by atoms with Gasteiger partial charge in [0, 0.05) is 24.6 Å². The lowest BCUT2D eigenvalue weighted by Crippen LogP contribution is -2.42. The summed E-state index contributed by atoms with van der Waals surface area (Å²) in [5, 5.41) is 0. The molecule has 0 saturated carbocycles. The third-order valence-electron chi connectivity index (χ3n) is 5.09. The number of carbonyl (C=O) groups excluding carboxylic acids is 1. The van der Waals surface area contributed by atoms with Gasteiger partial charge < -0.3 is 4.57 Å². The summed E-state index contributed by atoms with van der Waals surface area (Å²) in [5.41, 5.74) is 1.00. The molecular weight excluding hydrogens is 474 g/mol. The molecule has 1 unspecified atom stereocenters. The summed E-state index contributed by atoms with van der Waals surface area (Å²) in [7, 11) is -1.72. The van der Waals surface area contributed by atoms with Crippen molar-refractivity contribution in [2.75, 3.05) is 13.1 Å². The number of hydrogen-bond donors (Lipinski definition) is 0. The number of thiazole rings is 1. The Morgan fingerprint density at radius 2 is 1.97 bits per heavy atom. The van der Waals surface area contributed by atoms with E-state index in [0.29, 0.717) is 24.2 Å². The Morgan fingerprint density at radius 3 is 2.72 bits per heavy atom. The van der Waals surface area contributed by atoms with E-state index in [4.69, 9.17) is 0 Å². The first-order valence-electron chi connectivity index (χ1n) is 9.25. The molecule has 1 aliphatic rings. The highest BCUT2D eigenvalue weighted by molar-refractivity contribution is 9.10. The molecule has 0 radical (unpaired) electrons. The summed E-state index contributed by atoms with van der Waals surface area (Å²) >= 11 is 4.91. The fraction of sp³-hybridized carbons (Fsp3) is 0.300. The second-order valence-electron chi connectivity index (χ2n) is 7.02. The van der Waals surface area contributed by atoms with Crippen LogP contribution in [-0.4, -0.2) is 36.3 Å². The molecule has 1 fully saturated rings. The first kappa shape index (κ1) is 20.5. The molecule has 9 heteroatoms. The van der Waals surface area contributed by atoms with E-state index in [-0.39, 0.29) is 17.3 Å². The van der Waals surface area contributed by atoms with Crippen molar-refractivity contribution < 1.29 is 13.2 Å². The minimum absolute atomic E-state index is 0.166. The van der Waals surface area contributed by atoms with Crippen LogP contribution >= 0.6 is 27.3 Å². The van der Waals surface area contributed by atoms with Gasteiger partial charge in [-0.25, -0.2) is 8.42 Å². The van der Waals surface area contributed by atoms with Crippen molar-refractivity contribution >= 4 is 53.4 Å². The van der Waals surface area contributed by atoms with Crippen LogP contribution in [0, 0.1) is 5.92 Å². The Balaban J connectivity index is 1.60. The zero-order valence-corrected chi connectivity index (χ0v) is 19.0. The highest BCUT2D eigenvalue weighted by Gasteiger charge is 2.33. The van der Waals surface area contributed by atoms with Gasteiger partial charge in [-0.15, -0.1) is 0 Å². The normalized spacial score (nSPS) is 19.0. The van der Waals surface area contributed by atoms with Gasteiger partial charge in [0.2, 0.25) is 10.0 Å². The maximum atomic E-state index is 12.9. The van der Waals surface area contributed by atoms with Gasteiger partial charge in [-0.1, -0.05) is 45.5 Å². The Kier molecular flexibility index (Phi) is 5.74. The number of rotatable bonds is 3. The summed E-state index contributed by atoms with van der Waals surface area (Å²) < 4.78 is 31.1. The average molecular weight is 494 g/mol. The van der Waals surface area contributed by atoms with Gasteiger partial charge in [0.25, 0.3) is 5.91 Å². The molecule has 0 aliphatic carbocycles. The SMILES string of the molecule is Cn1c(=NC(=O)C2CCCN(S(=O)(=O)c3ccccc3)C2)sc2cc(Br)ccc21. The topological polar surface area (TPSA) is 71.7 Å². The van der Waals surface area contributed by atoms with Crippen LogP contribution in [0.5, 0.6) is 0 Å². The highest BCUT2D eigenvalue weighted by atomic mass is 79.9. The van der Waals surface area contributed by atoms with Crippen LogP contribution in [0.2, 0.25) is 0 Å². The summed E-state index contributed by atoms with van der Waals surface area (Å²) in [6.07, 6.45) is 1.28. The second kappa shape index (κ2) is 8.14. The zero-order chi connectivity index (χ0) is 20.6. The van der Waals surface area contributed by atoms with E-state index in [1.807, 2.05) is 29.8 Å². The Labute approximate surface area is 181 Å². The monoisotopic (exact) mass is 493 g/mol. The molecule has 1 amide bonds. The molecular formula is C20H20BrN3O3S2. The maximum absolute atomic E-state index is 12.9. The molecule has 4 rings (SSSR count). The first-order valence-corrected chi connectivity index (χ1v) is 12.3. The molecule has 0 N–H and O–H groups in total. The number of amides is 1. The van der Waals surface area contributed by atoms with Crippen LogP contribution in [0.25, 0.3) is 10.2 Å². The van der Waals surface area contributed by atoms with Crippen LogP contribution in [0.3, 0.4) is 0 Å². The van der Waals surface area contributed by atoms with Crippen molar-refractivity contribution in [3.63, 3.8) is 0 Å². The third-order valence-corrected chi connectivity index (χ3v) is 8.56. The lowest BCUT2D eigenvalue weighted by Gasteiger charge is -2.30. The number of fused-ring (bicyclic) bond motifs is 1. The molecule has 2 heterocycles. The predicted molar refractivity (Wildman–Crippen MR) is 117 cm³/mol. The van der Waals surface area contributed by atoms with Gasteiger partial charge in [0.15, 0.2) is 4.80 Å². The number of aromatic nitrogens is 1. The van der Waals surface area contributed by atoms with Gasteiger partial charge in [-0.2, -0.15) is 9.30 Å². The molecule has 1 atom stereocenters. The van der Waals surface area contributed by atoms with Gasteiger partial charge in [0.1, 0.15) is 0 Å². The van der Waals surface area contributed by atoms with Crippen LogP contribution < -0.4 is 4.80 Å². The lowest BCUT2D eigenvalue weighted by molar-refractivity contribution is -0.122. The molecule has 29 heavy (non-hydrogen) atoms. The van der Waals surface area contributed by atoms with Gasteiger partial charge in [-0.05, 0) is 43.2 Å². The van der Waals surface area contributed by atoms with E-state index in [1.54, 1.807) is 30.3 Å². The molecule has 1 saturated heterocycles. The van der Waals surface area contributed by atoms with E-state index in [0.717, 1.165) is 14.7 Å². The van der Waals surface area contributed by atoms with Crippen LogP contribution in [0.1, 0.15) is 12.8 Å². The Morgan fingerprint density at radius 1 is 1.21 bits per heavy atom. The number of sulfonamides is 1. The van der Waals surface area contributed by atoms with Crippen molar-refractivity contribution in [1.29, 1.82) is 0 Å². The van der Waals surface area contributed by atoms with Crippen molar-refractivity contribution in [3.05, 3.63) is 57.8 Å². The number of hydrogen-bond acceptors (Lipinski definition) is 4. The minimum atomic E-state index is -3.60. The molecule has 3 aromatic rings. The lowest BCUT2D eigenvalue weighted by atomic mass is 9.99. The molecule has 6 nitrogen and oxygen atoms in total. The van der Waals surface area contributed by atoms with Crippen molar-refractivity contribution in [2.45, 2.75) is 17.7 Å². The Bertz CT molecular complexity index is 1230. The molecule has 1 aromatic heterocycles. The molecule has 0 spiro atoms. The standard InChI is InChI=1S/C20H20BrN3O3S2/c1-23-17-10-9-15(21)12-18(17)28-20(23)22-19(25)14-6-5-11-24(13-14)29(26,27)16-7-3-2-4-8-16/h2-4,7-10,12,14H,5-6,11,13H2,1H3. The van der Waals surface area contributed by atoms with E-state index < -0.39 is 15.9 Å². The summed E-state index contributed by atoms with van der Waals surface area (Å²) in [6.45, 7) is 0.589. The van der Waals surface area contributed by atoms with Crippen molar-refractivity contribution in [3.8, 4) is 0 Å². The van der Waals surface area contributed by atoms with E-state index in [9.17, 15) is 13.2 Å². The number of benzene rings is 2. The fourth-order valence-corrected chi connectivity index (χ4v) is 6.62. The van der Waals surface area contributed by atoms with E-state index in [2.05, 4.69) is 20.9 Å². The quantitative estimate of drug-likeness (QED) is 0.560. The van der Waals surface area contributed by atoms with Crippen LogP contribution in [0.4, 0.5) is 0 Å². The number of aryl methyl sites for hydroxylation is 1. The number of nitrogens with zero attached hydrogens (tertiary/aromatic N) is 3. The molecule has 152 valence electrons. The van der Waals surface area contributed by atoms with E-state index >= 15 is 0 Å². The predicted octanol–water partition coefficient (Wildman–Crippen LogP) is 3.53. The first-order chi connectivity index (χ1) is 13.9. The highest BCUT2D eigenvalue weighted by Crippen LogP contribution is 2.25. The van der Waals surface area contributed by atoms with Crippen LogP contribution in [-0.2, 0) is 21.9 Å². The zero-order valence-electron chi connectivity index (χ0n) is 15.8. The van der Waals surface area contributed by atoms with Gasteiger partial charge in [-0.3, -0.25) is 4.79 Å². The second-order valence-corrected chi connectivity index (χ2v) is 10.9. The van der Waals surface area contributed by atoms with Crippen molar-refractivity contribution in [2.24, 2.45) is 18.0 Å². The minimum Gasteiger partial charge on any atom is -0.319 e. The van der Waals surface area contributed by atoms with Crippen molar-refractivity contribution in [1.82, 2.24) is 8.87 Å². The molecule has 1 aliphatic heterocycles. The summed E-state index contributed by atoms with van der Waals surface area (Å²) in [5.74, 6) is -0.696. The maximum Gasteiger partial charge on any atom is 0.252 e. The molecule has 2 aromatic carbocycles. The smallest absolute Gasteiger partial charge is 0.252 e. The fourth-order valence-electron chi connectivity index (χ4n) is 3.50. The molecule has 0 bridgehead atoms. The average Bonchev–Trinajstić information content (AvgIpc) is 3.03. The number of carbonyl (C=O) groups is 1. The van der Waals surface area contributed by atoms with Gasteiger partial charge >= 0.3 is 0 Å². The van der Waals surface area contributed by atoms with Crippen LogP contribution in [0.15, 0.2) is 62.9 Å². The largest absolute Gasteiger partial charge is 0.319 e. The summed E-state index contributed by atoms with van der Waals surface area (Å²) in [6, 6.07) is 14.3. The van der Waals surface area contributed by atoms with E-state index in [1.165, 1.54) is 15.6 Å². The van der Waals surface area contributed by atoms with Gasteiger partial charge in [0.05, 0.1) is 21.0 Å². The third kappa shape index (κ3) is 4.09. The number of piperidine rings is 1.